The number of nitrogens with two attached hydrogens (primary N) is 1. The Morgan fingerprint density at radius 1 is 1.27 bits per heavy atom. The zero-order chi connectivity index (χ0) is 12.1. The summed E-state index contributed by atoms with van der Waals surface area (Å²) in [5.74, 6) is 0. The molecular formula is C13H28N2. The van der Waals surface area contributed by atoms with E-state index in [2.05, 4.69) is 46.1 Å². The van der Waals surface area contributed by atoms with Gasteiger partial charge < -0.3 is 5.73 Å². The van der Waals surface area contributed by atoms with E-state index in [1.54, 1.807) is 0 Å². The van der Waals surface area contributed by atoms with E-state index >= 15 is 0 Å². The summed E-state index contributed by atoms with van der Waals surface area (Å²) in [5, 5.41) is 0. The van der Waals surface area contributed by atoms with Crippen molar-refractivity contribution in [1.82, 2.24) is 4.90 Å². The van der Waals surface area contributed by atoms with Crippen LogP contribution >= 0.6 is 0 Å². The average molecular weight is 212 g/mol. The van der Waals surface area contributed by atoms with Gasteiger partial charge in [0.25, 0.3) is 0 Å². The normalized spacial score (nSPS) is 13.3. The van der Waals surface area contributed by atoms with Gasteiger partial charge in [0.05, 0.1) is 0 Å². The summed E-state index contributed by atoms with van der Waals surface area (Å²) in [5.41, 5.74) is 6.16. The highest BCUT2D eigenvalue weighted by atomic mass is 15.1. The molecule has 2 heteroatoms. The predicted molar refractivity (Wildman–Crippen MR) is 69.0 cm³/mol. The lowest BCUT2D eigenvalue weighted by atomic mass is 9.75. The van der Waals surface area contributed by atoms with E-state index in [1.807, 2.05) is 6.08 Å². The van der Waals surface area contributed by atoms with Gasteiger partial charge in [0.1, 0.15) is 0 Å². The molecule has 0 aliphatic heterocycles. The number of hydrogen-bond donors (Lipinski definition) is 1. The molecule has 0 spiro atoms. The maximum absolute atomic E-state index is 6.20. The summed E-state index contributed by atoms with van der Waals surface area (Å²) in [6.45, 7) is 17.8. The summed E-state index contributed by atoms with van der Waals surface area (Å²) < 4.78 is 0. The Balaban J connectivity index is 4.43. The van der Waals surface area contributed by atoms with Crippen molar-refractivity contribution < 1.29 is 0 Å². The highest BCUT2D eigenvalue weighted by Gasteiger charge is 2.34. The highest BCUT2D eigenvalue weighted by Crippen LogP contribution is 2.29. The molecule has 0 unspecified atom stereocenters. The number of nitrogens with zero attached hydrogens (tertiary/aromatic N) is 1. The Labute approximate surface area is 95.5 Å². The number of rotatable bonds is 7. The molecule has 0 fully saturated rings. The lowest BCUT2D eigenvalue weighted by Gasteiger charge is -2.42. The molecule has 15 heavy (non-hydrogen) atoms. The van der Waals surface area contributed by atoms with Gasteiger partial charge in [0.15, 0.2) is 0 Å². The van der Waals surface area contributed by atoms with Crippen LogP contribution in [0.1, 0.15) is 41.0 Å². The third-order valence-corrected chi connectivity index (χ3v) is 3.29. The van der Waals surface area contributed by atoms with Crippen LogP contribution in [0.4, 0.5) is 0 Å². The minimum atomic E-state index is -0.153. The van der Waals surface area contributed by atoms with Gasteiger partial charge >= 0.3 is 0 Å². The van der Waals surface area contributed by atoms with Crippen molar-refractivity contribution in [3.8, 4) is 0 Å². The van der Waals surface area contributed by atoms with Crippen LogP contribution in [0, 0.1) is 5.41 Å². The minimum absolute atomic E-state index is 0.116. The van der Waals surface area contributed by atoms with Gasteiger partial charge in [0.2, 0.25) is 0 Å². The van der Waals surface area contributed by atoms with Crippen molar-refractivity contribution in [2.45, 2.75) is 46.6 Å². The van der Waals surface area contributed by atoms with Gasteiger partial charge in [-0.15, -0.1) is 6.58 Å². The molecule has 90 valence electrons. The van der Waals surface area contributed by atoms with E-state index in [9.17, 15) is 0 Å². The summed E-state index contributed by atoms with van der Waals surface area (Å²) in [6.07, 6.45) is 3.14. The molecule has 0 rings (SSSR count). The van der Waals surface area contributed by atoms with Gasteiger partial charge in [-0.3, -0.25) is 4.90 Å². The molecule has 0 aliphatic carbocycles. The third-order valence-electron chi connectivity index (χ3n) is 3.29. The van der Waals surface area contributed by atoms with Gasteiger partial charge in [-0.1, -0.05) is 26.8 Å². The van der Waals surface area contributed by atoms with E-state index in [-0.39, 0.29) is 11.0 Å². The maximum Gasteiger partial charge on any atom is 0.0161 e. The first-order valence-electron chi connectivity index (χ1n) is 5.86. The monoisotopic (exact) mass is 212 g/mol. The standard InChI is InChI=1S/C13H28N2/c1-7-9-15(10-8-2)11-12(3,4)13(5,6)14/h7H,1,8-11,14H2,2-6H3. The zero-order valence-corrected chi connectivity index (χ0v) is 11.1. The minimum Gasteiger partial charge on any atom is -0.325 e. The van der Waals surface area contributed by atoms with Gasteiger partial charge in [-0.05, 0) is 32.2 Å². The Bertz CT molecular complexity index is 189. The highest BCUT2D eigenvalue weighted by molar-refractivity contribution is 4.93. The molecule has 0 heterocycles. The molecule has 0 saturated heterocycles. The second kappa shape index (κ2) is 5.66. The summed E-state index contributed by atoms with van der Waals surface area (Å²) >= 11 is 0. The Morgan fingerprint density at radius 3 is 2.13 bits per heavy atom. The van der Waals surface area contributed by atoms with Crippen LogP contribution < -0.4 is 5.73 Å². The first-order valence-corrected chi connectivity index (χ1v) is 5.86. The fourth-order valence-electron chi connectivity index (χ4n) is 1.50. The first kappa shape index (κ1) is 14.7. The second-order valence-corrected chi connectivity index (χ2v) is 5.63. The topological polar surface area (TPSA) is 29.3 Å². The molecule has 0 saturated carbocycles. The third kappa shape index (κ3) is 4.80. The van der Waals surface area contributed by atoms with Gasteiger partial charge in [-0.2, -0.15) is 0 Å². The Hall–Kier alpha value is -0.340. The molecule has 0 aliphatic rings. The van der Waals surface area contributed by atoms with Crippen molar-refractivity contribution >= 4 is 0 Å². The predicted octanol–water partition coefficient (Wildman–Crippen LogP) is 2.65. The molecule has 2 N–H and O–H groups in total. The second-order valence-electron chi connectivity index (χ2n) is 5.63. The van der Waals surface area contributed by atoms with E-state index in [0.717, 1.165) is 19.6 Å². The fourth-order valence-corrected chi connectivity index (χ4v) is 1.50. The smallest absolute Gasteiger partial charge is 0.0161 e. The van der Waals surface area contributed by atoms with Gasteiger partial charge in [-0.25, -0.2) is 0 Å². The van der Waals surface area contributed by atoms with Crippen molar-refractivity contribution in [2.24, 2.45) is 11.1 Å². The van der Waals surface area contributed by atoms with E-state index in [1.165, 1.54) is 6.42 Å². The van der Waals surface area contributed by atoms with Crippen molar-refractivity contribution in [2.75, 3.05) is 19.6 Å². The Kier molecular flexibility index (Phi) is 5.54. The average Bonchev–Trinajstić information content (AvgIpc) is 2.02. The van der Waals surface area contributed by atoms with E-state index in [4.69, 9.17) is 5.73 Å². The summed E-state index contributed by atoms with van der Waals surface area (Å²) in [6, 6.07) is 0. The van der Waals surface area contributed by atoms with Gasteiger partial charge in [0, 0.05) is 18.6 Å². The molecule has 0 amide bonds. The molecule has 0 aromatic rings. The van der Waals surface area contributed by atoms with Crippen molar-refractivity contribution in [3.63, 3.8) is 0 Å². The number of hydrogen-bond acceptors (Lipinski definition) is 2. The maximum atomic E-state index is 6.20. The lowest BCUT2D eigenvalue weighted by molar-refractivity contribution is 0.121. The van der Waals surface area contributed by atoms with Crippen LogP contribution in [0.15, 0.2) is 12.7 Å². The quantitative estimate of drug-likeness (QED) is 0.657. The van der Waals surface area contributed by atoms with E-state index in [0.29, 0.717) is 0 Å². The molecule has 2 nitrogen and oxygen atoms in total. The van der Waals surface area contributed by atoms with Crippen molar-refractivity contribution in [1.29, 1.82) is 0 Å². The van der Waals surface area contributed by atoms with Crippen LogP contribution in [0.3, 0.4) is 0 Å². The van der Waals surface area contributed by atoms with E-state index < -0.39 is 0 Å². The molecule has 0 aromatic heterocycles. The van der Waals surface area contributed by atoms with Crippen LogP contribution in [0.2, 0.25) is 0 Å². The molecule has 0 aromatic carbocycles. The summed E-state index contributed by atoms with van der Waals surface area (Å²) in [4.78, 5) is 2.42. The van der Waals surface area contributed by atoms with Crippen LogP contribution in [-0.2, 0) is 0 Å². The lowest BCUT2D eigenvalue weighted by Crippen LogP contribution is -2.53. The van der Waals surface area contributed by atoms with Crippen LogP contribution in [-0.4, -0.2) is 30.1 Å². The fraction of sp³-hybridized carbons (Fsp3) is 0.846. The first-order chi connectivity index (χ1) is 6.74. The molecule has 0 atom stereocenters. The summed E-state index contributed by atoms with van der Waals surface area (Å²) in [7, 11) is 0. The molecular weight excluding hydrogens is 184 g/mol. The largest absolute Gasteiger partial charge is 0.325 e. The van der Waals surface area contributed by atoms with Crippen molar-refractivity contribution in [3.05, 3.63) is 12.7 Å². The zero-order valence-electron chi connectivity index (χ0n) is 11.1. The van der Waals surface area contributed by atoms with Crippen LogP contribution in [0.25, 0.3) is 0 Å². The molecule has 0 bridgehead atoms. The SMILES string of the molecule is C=CCN(CCC)CC(C)(C)C(C)(C)N. The Morgan fingerprint density at radius 2 is 1.80 bits per heavy atom. The van der Waals surface area contributed by atoms with Crippen LogP contribution in [0.5, 0.6) is 0 Å². The molecule has 0 radical (unpaired) electrons.